The number of rotatable bonds is 8. The van der Waals surface area contributed by atoms with Gasteiger partial charge in [0, 0.05) is 22.3 Å². The molecule has 0 spiro atoms. The quantitative estimate of drug-likeness (QED) is 0.464. The first-order valence-corrected chi connectivity index (χ1v) is 11.0. The highest BCUT2D eigenvalue weighted by Gasteiger charge is 2.31. The number of hydrogen-bond acceptors (Lipinski definition) is 2. The molecule has 0 fully saturated rings. The molecule has 2 nitrogen and oxygen atoms in total. The summed E-state index contributed by atoms with van der Waals surface area (Å²) in [4.78, 5) is 26.7. The van der Waals surface area contributed by atoms with E-state index in [0.717, 1.165) is 51.4 Å². The fourth-order valence-electron chi connectivity index (χ4n) is 4.43. The van der Waals surface area contributed by atoms with Crippen molar-refractivity contribution in [3.63, 3.8) is 0 Å². The summed E-state index contributed by atoms with van der Waals surface area (Å²) in [5.74, 6) is 0.0378. The van der Waals surface area contributed by atoms with E-state index < -0.39 is 0 Å². The molecule has 0 saturated carbocycles. The van der Waals surface area contributed by atoms with Gasteiger partial charge in [0.15, 0.2) is 11.6 Å². The molecule has 28 heavy (non-hydrogen) atoms. The largest absolute Gasteiger partial charge is 0.289 e. The van der Waals surface area contributed by atoms with Gasteiger partial charge >= 0.3 is 0 Å². The van der Waals surface area contributed by atoms with Crippen molar-refractivity contribution in [2.24, 2.45) is 0 Å². The molecule has 2 aromatic rings. The minimum absolute atomic E-state index is 0.0189. The smallest absolute Gasteiger partial charge is 0.194 e. The summed E-state index contributed by atoms with van der Waals surface area (Å²) in [6.07, 6.45) is 7.96. The van der Waals surface area contributed by atoms with E-state index >= 15 is 0 Å². The molecule has 0 unspecified atom stereocenters. The Morgan fingerprint density at radius 2 is 0.679 bits per heavy atom. The maximum Gasteiger partial charge on any atom is 0.194 e. The molecule has 0 amide bonds. The van der Waals surface area contributed by atoms with Gasteiger partial charge in [0.25, 0.3) is 0 Å². The molecular formula is C26H32O2. The van der Waals surface area contributed by atoms with E-state index in [2.05, 4.69) is 27.7 Å². The van der Waals surface area contributed by atoms with Crippen LogP contribution in [0.1, 0.15) is 107 Å². The standard InChI is InChI=1S/C26H32O2/c1-5-9-17-13-21-22(14-18(17)10-6-2)26(28)24-16-20(12-8-4)19(11-7-3)15-23(24)25(21)27/h13-16H,5-12H2,1-4H3. The first kappa shape index (κ1) is 20.5. The monoisotopic (exact) mass is 376 g/mol. The minimum atomic E-state index is 0.0189. The van der Waals surface area contributed by atoms with Crippen LogP contribution in [-0.2, 0) is 25.7 Å². The topological polar surface area (TPSA) is 34.1 Å². The van der Waals surface area contributed by atoms with Crippen molar-refractivity contribution < 1.29 is 9.59 Å². The molecule has 2 aromatic carbocycles. The van der Waals surface area contributed by atoms with Gasteiger partial charge in [-0.1, -0.05) is 53.4 Å². The van der Waals surface area contributed by atoms with E-state index in [1.807, 2.05) is 24.3 Å². The highest BCUT2D eigenvalue weighted by molar-refractivity contribution is 6.28. The second-order valence-corrected chi connectivity index (χ2v) is 7.99. The third-order valence-corrected chi connectivity index (χ3v) is 5.74. The van der Waals surface area contributed by atoms with Crippen LogP contribution in [0.25, 0.3) is 0 Å². The van der Waals surface area contributed by atoms with E-state index in [-0.39, 0.29) is 11.6 Å². The van der Waals surface area contributed by atoms with Gasteiger partial charge in [-0.2, -0.15) is 0 Å². The molecule has 0 heterocycles. The van der Waals surface area contributed by atoms with Gasteiger partial charge in [0.2, 0.25) is 0 Å². The minimum Gasteiger partial charge on any atom is -0.289 e. The van der Waals surface area contributed by atoms with Crippen molar-refractivity contribution in [1.29, 1.82) is 0 Å². The number of hydrogen-bond donors (Lipinski definition) is 0. The summed E-state index contributed by atoms with van der Waals surface area (Å²) in [6.45, 7) is 8.63. The summed E-state index contributed by atoms with van der Waals surface area (Å²) < 4.78 is 0. The molecule has 2 heteroatoms. The van der Waals surface area contributed by atoms with E-state index in [0.29, 0.717) is 22.3 Å². The number of fused-ring (bicyclic) bond motifs is 2. The second kappa shape index (κ2) is 8.86. The van der Waals surface area contributed by atoms with Crippen LogP contribution in [-0.4, -0.2) is 11.6 Å². The van der Waals surface area contributed by atoms with E-state index in [9.17, 15) is 9.59 Å². The first-order chi connectivity index (χ1) is 13.5. The van der Waals surface area contributed by atoms with E-state index in [1.54, 1.807) is 0 Å². The van der Waals surface area contributed by atoms with Crippen LogP contribution in [0.3, 0.4) is 0 Å². The molecule has 0 saturated heterocycles. The summed E-state index contributed by atoms with van der Waals surface area (Å²) in [6, 6.07) is 8.03. The van der Waals surface area contributed by atoms with Crippen molar-refractivity contribution in [3.8, 4) is 0 Å². The average molecular weight is 377 g/mol. The Labute approximate surface area is 169 Å². The van der Waals surface area contributed by atoms with Crippen LogP contribution in [0.4, 0.5) is 0 Å². The third kappa shape index (κ3) is 3.70. The van der Waals surface area contributed by atoms with Crippen molar-refractivity contribution >= 4 is 11.6 Å². The van der Waals surface area contributed by atoms with Crippen molar-refractivity contribution in [1.82, 2.24) is 0 Å². The molecule has 0 N–H and O–H groups in total. The predicted molar refractivity (Wildman–Crippen MR) is 116 cm³/mol. The Balaban J connectivity index is 2.17. The van der Waals surface area contributed by atoms with Gasteiger partial charge in [-0.3, -0.25) is 9.59 Å². The van der Waals surface area contributed by atoms with Crippen molar-refractivity contribution in [2.45, 2.75) is 79.1 Å². The number of aryl methyl sites for hydroxylation is 4. The Morgan fingerprint density at radius 3 is 0.857 bits per heavy atom. The maximum absolute atomic E-state index is 13.4. The molecule has 0 aromatic heterocycles. The first-order valence-electron chi connectivity index (χ1n) is 11.0. The lowest BCUT2D eigenvalue weighted by Crippen LogP contribution is -2.23. The van der Waals surface area contributed by atoms with E-state index in [4.69, 9.17) is 0 Å². The summed E-state index contributed by atoms with van der Waals surface area (Å²) in [5.41, 5.74) is 7.32. The van der Waals surface area contributed by atoms with Crippen LogP contribution in [0, 0.1) is 0 Å². The van der Waals surface area contributed by atoms with Gasteiger partial charge in [0.05, 0.1) is 0 Å². The molecule has 1 aliphatic carbocycles. The Bertz CT molecular complexity index is 760. The number of ketones is 2. The van der Waals surface area contributed by atoms with Crippen LogP contribution in [0.2, 0.25) is 0 Å². The lowest BCUT2D eigenvalue weighted by Gasteiger charge is -2.22. The third-order valence-electron chi connectivity index (χ3n) is 5.74. The predicted octanol–water partition coefficient (Wildman–Crippen LogP) is 6.27. The number of carbonyl (C=O) groups is 2. The van der Waals surface area contributed by atoms with Crippen LogP contribution < -0.4 is 0 Å². The zero-order valence-electron chi connectivity index (χ0n) is 17.8. The zero-order valence-corrected chi connectivity index (χ0v) is 17.8. The summed E-state index contributed by atoms with van der Waals surface area (Å²) in [5, 5.41) is 0. The van der Waals surface area contributed by atoms with Gasteiger partial charge < -0.3 is 0 Å². The molecule has 0 radical (unpaired) electrons. The fraction of sp³-hybridized carbons (Fsp3) is 0.462. The molecule has 1 aliphatic rings. The zero-order chi connectivity index (χ0) is 20.3. The van der Waals surface area contributed by atoms with Crippen LogP contribution in [0.15, 0.2) is 24.3 Å². The number of carbonyl (C=O) groups excluding carboxylic acids is 2. The molecular weight excluding hydrogens is 344 g/mol. The highest BCUT2D eigenvalue weighted by atomic mass is 16.1. The lowest BCUT2D eigenvalue weighted by molar-refractivity contribution is 0.0978. The Hall–Kier alpha value is -2.22. The van der Waals surface area contributed by atoms with Crippen LogP contribution >= 0.6 is 0 Å². The lowest BCUT2D eigenvalue weighted by atomic mass is 9.79. The molecule has 148 valence electrons. The normalized spacial score (nSPS) is 12.9. The maximum atomic E-state index is 13.4. The SMILES string of the molecule is CCCc1cc2c(cc1CCC)C(=O)c1cc(CCC)c(CCC)cc1C2=O. The average Bonchev–Trinajstić information content (AvgIpc) is 2.68. The van der Waals surface area contributed by atoms with Crippen molar-refractivity contribution in [2.75, 3.05) is 0 Å². The highest BCUT2D eigenvalue weighted by Crippen LogP contribution is 2.33. The van der Waals surface area contributed by atoms with Gasteiger partial charge in [-0.15, -0.1) is 0 Å². The van der Waals surface area contributed by atoms with Gasteiger partial charge in [-0.25, -0.2) is 0 Å². The molecule has 3 rings (SSSR count). The van der Waals surface area contributed by atoms with Gasteiger partial charge in [0.1, 0.15) is 0 Å². The number of benzene rings is 2. The van der Waals surface area contributed by atoms with Crippen molar-refractivity contribution in [3.05, 3.63) is 68.8 Å². The van der Waals surface area contributed by atoms with Gasteiger partial charge in [-0.05, 0) is 72.2 Å². The molecule has 0 aliphatic heterocycles. The summed E-state index contributed by atoms with van der Waals surface area (Å²) >= 11 is 0. The summed E-state index contributed by atoms with van der Waals surface area (Å²) in [7, 11) is 0. The molecule has 0 atom stereocenters. The fourth-order valence-corrected chi connectivity index (χ4v) is 4.43. The second-order valence-electron chi connectivity index (χ2n) is 7.99. The Morgan fingerprint density at radius 1 is 0.464 bits per heavy atom. The molecule has 0 bridgehead atoms. The Kier molecular flexibility index (Phi) is 6.49. The van der Waals surface area contributed by atoms with Crippen LogP contribution in [0.5, 0.6) is 0 Å². The van der Waals surface area contributed by atoms with E-state index in [1.165, 1.54) is 22.3 Å².